The number of benzene rings is 2. The molecule has 5 nitrogen and oxygen atoms in total. The number of aliphatic hydroxyl groups is 1. The lowest BCUT2D eigenvalue weighted by Gasteiger charge is -2.32. The van der Waals surface area contributed by atoms with Gasteiger partial charge < -0.3 is 14.6 Å². The van der Waals surface area contributed by atoms with Crippen LogP contribution in [0.15, 0.2) is 60.9 Å². The average Bonchev–Trinajstić information content (AvgIpc) is 3.58. The van der Waals surface area contributed by atoms with Gasteiger partial charge >= 0.3 is 6.18 Å². The molecule has 1 aromatic heterocycles. The fourth-order valence-corrected chi connectivity index (χ4v) is 5.44. The van der Waals surface area contributed by atoms with Crippen molar-refractivity contribution in [2.24, 2.45) is 5.92 Å². The highest BCUT2D eigenvalue weighted by Crippen LogP contribution is 2.54. The first-order valence-electron chi connectivity index (χ1n) is 11.3. The molecule has 0 saturated heterocycles. The Morgan fingerprint density at radius 2 is 1.97 bits per heavy atom. The van der Waals surface area contributed by atoms with Crippen LogP contribution in [0, 0.1) is 11.7 Å². The zero-order chi connectivity index (χ0) is 24.8. The van der Waals surface area contributed by atoms with Crippen LogP contribution in [0.25, 0.3) is 11.3 Å². The molecule has 1 aliphatic carbocycles. The van der Waals surface area contributed by atoms with Crippen LogP contribution < -0.4 is 4.74 Å². The smallest absolute Gasteiger partial charge is 0.450 e. The minimum atomic E-state index is -4.60. The van der Waals surface area contributed by atoms with Crippen molar-refractivity contribution in [2.75, 3.05) is 20.3 Å². The molecule has 184 valence electrons. The SMILES string of the molecule is COc1ccc(-n2ccnc2C(F)(F)F)cc1C1=CC2(CCC(CO)C2c2ccc(F)cc2)OC1. The summed E-state index contributed by atoms with van der Waals surface area (Å²) >= 11 is 0. The Balaban J connectivity index is 1.57. The number of imidazole rings is 1. The van der Waals surface area contributed by atoms with Crippen molar-refractivity contribution >= 4 is 5.57 Å². The summed E-state index contributed by atoms with van der Waals surface area (Å²) in [7, 11) is 1.50. The second-order valence-electron chi connectivity index (χ2n) is 8.93. The molecule has 3 unspecified atom stereocenters. The summed E-state index contributed by atoms with van der Waals surface area (Å²) in [5.41, 5.74) is 1.85. The van der Waals surface area contributed by atoms with Crippen molar-refractivity contribution in [1.82, 2.24) is 9.55 Å². The molecule has 1 N–H and O–H groups in total. The zero-order valence-electron chi connectivity index (χ0n) is 18.9. The van der Waals surface area contributed by atoms with Gasteiger partial charge in [-0.2, -0.15) is 13.2 Å². The Kier molecular flexibility index (Phi) is 5.93. The van der Waals surface area contributed by atoms with Crippen LogP contribution in [0.3, 0.4) is 0 Å². The first-order valence-corrected chi connectivity index (χ1v) is 11.3. The number of hydrogen-bond acceptors (Lipinski definition) is 4. The largest absolute Gasteiger partial charge is 0.496 e. The summed E-state index contributed by atoms with van der Waals surface area (Å²) in [4.78, 5) is 3.48. The molecule has 0 amide bonds. The van der Waals surface area contributed by atoms with Gasteiger partial charge in [0, 0.05) is 36.2 Å². The number of aromatic nitrogens is 2. The molecule has 35 heavy (non-hydrogen) atoms. The molecule has 9 heteroatoms. The van der Waals surface area contributed by atoms with Crippen LogP contribution >= 0.6 is 0 Å². The fourth-order valence-electron chi connectivity index (χ4n) is 5.44. The van der Waals surface area contributed by atoms with Crippen molar-refractivity contribution in [3.8, 4) is 11.4 Å². The molecule has 1 spiro atoms. The number of rotatable bonds is 5. The summed E-state index contributed by atoms with van der Waals surface area (Å²) in [6.45, 7) is 0.196. The summed E-state index contributed by atoms with van der Waals surface area (Å²) in [5, 5.41) is 10.0. The summed E-state index contributed by atoms with van der Waals surface area (Å²) in [6, 6.07) is 11.0. The quantitative estimate of drug-likeness (QED) is 0.490. The van der Waals surface area contributed by atoms with Crippen LogP contribution in [0.1, 0.15) is 35.7 Å². The van der Waals surface area contributed by atoms with E-state index >= 15 is 0 Å². The Morgan fingerprint density at radius 1 is 1.20 bits per heavy atom. The van der Waals surface area contributed by atoms with E-state index in [0.717, 1.165) is 28.3 Å². The number of methoxy groups -OCH3 is 1. The third kappa shape index (κ3) is 4.12. The number of ether oxygens (including phenoxy) is 2. The maximum atomic E-state index is 13.6. The normalized spacial score (nSPS) is 24.2. The van der Waals surface area contributed by atoms with Gasteiger partial charge in [0.15, 0.2) is 0 Å². The van der Waals surface area contributed by atoms with E-state index in [2.05, 4.69) is 4.98 Å². The molecule has 1 aliphatic heterocycles. The highest BCUT2D eigenvalue weighted by Gasteiger charge is 2.51. The van der Waals surface area contributed by atoms with Gasteiger partial charge in [0.25, 0.3) is 0 Å². The zero-order valence-corrected chi connectivity index (χ0v) is 18.9. The average molecular weight is 488 g/mol. The van der Waals surface area contributed by atoms with E-state index in [9.17, 15) is 22.7 Å². The van der Waals surface area contributed by atoms with E-state index in [1.807, 2.05) is 6.08 Å². The number of nitrogens with zero attached hydrogens (tertiary/aromatic N) is 2. The maximum absolute atomic E-state index is 13.6. The number of aliphatic hydroxyl groups excluding tert-OH is 1. The minimum Gasteiger partial charge on any atom is -0.496 e. The Morgan fingerprint density at radius 3 is 2.66 bits per heavy atom. The van der Waals surface area contributed by atoms with Gasteiger partial charge in [0.1, 0.15) is 11.6 Å². The maximum Gasteiger partial charge on any atom is 0.450 e. The third-order valence-electron chi connectivity index (χ3n) is 6.98. The van der Waals surface area contributed by atoms with E-state index in [-0.39, 0.29) is 30.9 Å². The topological polar surface area (TPSA) is 56.5 Å². The molecular formula is C26H24F4N2O3. The lowest BCUT2D eigenvalue weighted by atomic mass is 9.80. The van der Waals surface area contributed by atoms with Crippen LogP contribution in [-0.2, 0) is 10.9 Å². The molecule has 1 fully saturated rings. The molecule has 1 saturated carbocycles. The van der Waals surface area contributed by atoms with Gasteiger partial charge in [-0.15, -0.1) is 0 Å². The lowest BCUT2D eigenvalue weighted by Crippen LogP contribution is -2.33. The Hall–Kier alpha value is -3.17. The van der Waals surface area contributed by atoms with Gasteiger partial charge in [-0.1, -0.05) is 12.1 Å². The van der Waals surface area contributed by atoms with Crippen LogP contribution in [-0.4, -0.2) is 40.6 Å². The fraction of sp³-hybridized carbons (Fsp3) is 0.346. The first-order chi connectivity index (χ1) is 16.8. The van der Waals surface area contributed by atoms with Gasteiger partial charge in [0.2, 0.25) is 5.82 Å². The number of hydrogen-bond donors (Lipinski definition) is 1. The standard InChI is InChI=1S/C26H24F4N2O3/c1-34-22-7-6-20(32-11-10-31-24(32)26(28,29)30)12-21(22)18-13-25(35-15-18)9-8-17(14-33)23(25)16-2-4-19(27)5-3-16/h2-7,10-13,17,23,33H,8-9,14-15H2,1H3. The van der Waals surface area contributed by atoms with E-state index in [4.69, 9.17) is 9.47 Å². The second kappa shape index (κ2) is 8.80. The van der Waals surface area contributed by atoms with E-state index in [1.54, 1.807) is 30.3 Å². The van der Waals surface area contributed by atoms with Crippen molar-refractivity contribution < 1.29 is 32.1 Å². The Labute approximate surface area is 199 Å². The van der Waals surface area contributed by atoms with E-state index in [1.165, 1.54) is 25.4 Å². The second-order valence-corrected chi connectivity index (χ2v) is 8.93. The molecule has 0 bridgehead atoms. The highest BCUT2D eigenvalue weighted by molar-refractivity contribution is 5.75. The molecule has 2 heterocycles. The third-order valence-corrected chi connectivity index (χ3v) is 6.98. The first kappa shape index (κ1) is 23.6. The van der Waals surface area contributed by atoms with Gasteiger partial charge in [-0.05, 0) is 66.3 Å². The summed E-state index contributed by atoms with van der Waals surface area (Å²) < 4.78 is 66.7. The number of halogens is 4. The van der Waals surface area contributed by atoms with Crippen molar-refractivity contribution in [3.63, 3.8) is 0 Å². The van der Waals surface area contributed by atoms with Crippen molar-refractivity contribution in [2.45, 2.75) is 30.5 Å². The van der Waals surface area contributed by atoms with E-state index in [0.29, 0.717) is 23.4 Å². The summed E-state index contributed by atoms with van der Waals surface area (Å²) in [6.07, 6.45) is 1.16. The Bertz CT molecular complexity index is 1250. The van der Waals surface area contributed by atoms with Gasteiger partial charge in [-0.3, -0.25) is 4.57 Å². The molecule has 0 radical (unpaired) electrons. The molecule has 2 aromatic carbocycles. The minimum absolute atomic E-state index is 0.0318. The van der Waals surface area contributed by atoms with Gasteiger partial charge in [-0.25, -0.2) is 9.37 Å². The van der Waals surface area contributed by atoms with Crippen LogP contribution in [0.2, 0.25) is 0 Å². The molecule has 2 aliphatic rings. The monoisotopic (exact) mass is 488 g/mol. The predicted octanol–water partition coefficient (Wildman–Crippen LogP) is 5.38. The van der Waals surface area contributed by atoms with E-state index < -0.39 is 17.6 Å². The van der Waals surface area contributed by atoms with Crippen LogP contribution in [0.5, 0.6) is 5.75 Å². The van der Waals surface area contributed by atoms with Crippen LogP contribution in [0.4, 0.5) is 17.6 Å². The lowest BCUT2D eigenvalue weighted by molar-refractivity contribution is -0.145. The molecule has 3 aromatic rings. The van der Waals surface area contributed by atoms with Gasteiger partial charge in [0.05, 0.1) is 19.3 Å². The van der Waals surface area contributed by atoms with Crippen molar-refractivity contribution in [1.29, 1.82) is 0 Å². The molecular weight excluding hydrogens is 464 g/mol. The van der Waals surface area contributed by atoms with Crippen molar-refractivity contribution in [3.05, 3.63) is 83.7 Å². The molecule has 5 rings (SSSR count). The molecule has 3 atom stereocenters. The summed E-state index contributed by atoms with van der Waals surface area (Å²) in [5.74, 6) is -1.11. The predicted molar refractivity (Wildman–Crippen MR) is 121 cm³/mol. The number of alkyl halides is 3. The highest BCUT2D eigenvalue weighted by atomic mass is 19.4.